The van der Waals surface area contributed by atoms with Gasteiger partial charge in [0.1, 0.15) is 0 Å². The third-order valence-electron chi connectivity index (χ3n) is 0. The first-order valence-corrected chi connectivity index (χ1v) is 0. The molecule has 4 heteroatoms. The Hall–Kier alpha value is 1.45. The number of rotatable bonds is 0. The van der Waals surface area contributed by atoms with Crippen molar-refractivity contribution in [2.45, 2.75) is 0 Å². The van der Waals surface area contributed by atoms with E-state index in [9.17, 15) is 0 Å². The van der Waals surface area contributed by atoms with E-state index in [1.807, 2.05) is 0 Å². The van der Waals surface area contributed by atoms with Gasteiger partial charge >= 0.3 is 26.2 Å². The van der Waals surface area contributed by atoms with E-state index >= 15 is 0 Å². The second kappa shape index (κ2) is 25.2. The molecule has 0 aliphatic heterocycles. The van der Waals surface area contributed by atoms with E-state index in [4.69, 9.17) is 0 Å². The Labute approximate surface area is 57.1 Å². The fourth-order valence-corrected chi connectivity index (χ4v) is 0. The van der Waals surface area contributed by atoms with E-state index < -0.39 is 0 Å². The minimum Gasteiger partial charge on any atom is -2.00 e. The van der Waals surface area contributed by atoms with Crippen LogP contribution in [-0.4, -0.2) is 0 Å². The Morgan fingerprint density at radius 2 is 0.750 bits per heavy atom. The van der Waals surface area contributed by atoms with Crippen molar-refractivity contribution in [2.24, 2.45) is 0 Å². The Kier molecular flexibility index (Phi) is 322. The zero-order valence-corrected chi connectivity index (χ0v) is 6.50. The molecule has 0 bridgehead atoms. The summed E-state index contributed by atoms with van der Waals surface area (Å²) in [6.45, 7) is 0. The molecule has 0 aliphatic rings. The van der Waals surface area contributed by atoms with Gasteiger partial charge in [-0.1, -0.05) is 0 Å². The van der Waals surface area contributed by atoms with Gasteiger partial charge in [-0.25, -0.2) is 0 Å². The maximum atomic E-state index is 0. The number of hydrogen-bond donors (Lipinski definition) is 0. The van der Waals surface area contributed by atoms with Crippen LogP contribution in [0.25, 0.3) is 0 Å². The van der Waals surface area contributed by atoms with E-state index in [0.29, 0.717) is 0 Å². The normalized spacial score (nSPS) is 0. The molecule has 0 saturated heterocycles. The third-order valence-corrected chi connectivity index (χ3v) is 0. The first-order valence-electron chi connectivity index (χ1n) is 0. The summed E-state index contributed by atoms with van der Waals surface area (Å²) in [5, 5.41) is 0. The van der Waals surface area contributed by atoms with Crippen LogP contribution in [0.5, 0.6) is 0 Å². The Morgan fingerprint density at radius 1 is 0.750 bits per heavy atom. The molecule has 4 heavy (non-hydrogen) atoms. The molecule has 0 atom stereocenters. The fourth-order valence-electron chi connectivity index (χ4n) is 0. The first kappa shape index (κ1) is 51.2. The SMILES string of the molecule is [Ir].[O-2].[O-2].[Zr+4]. The van der Waals surface area contributed by atoms with Gasteiger partial charge in [0.25, 0.3) is 0 Å². The van der Waals surface area contributed by atoms with Crippen molar-refractivity contribution in [3.05, 3.63) is 0 Å². The van der Waals surface area contributed by atoms with Crippen molar-refractivity contribution in [2.75, 3.05) is 0 Å². The minimum absolute atomic E-state index is 0. The summed E-state index contributed by atoms with van der Waals surface area (Å²) in [6, 6.07) is 0. The molecular formula is IrO2Zr. The Balaban J connectivity index is 0. The summed E-state index contributed by atoms with van der Waals surface area (Å²) in [7, 11) is 0. The van der Waals surface area contributed by atoms with Crippen LogP contribution in [0.1, 0.15) is 0 Å². The average Bonchev–Trinajstić information content (AvgIpc) is 0. The molecule has 0 heterocycles. The van der Waals surface area contributed by atoms with Gasteiger partial charge in [0, 0.05) is 20.1 Å². The molecule has 0 fully saturated rings. The van der Waals surface area contributed by atoms with E-state index in [0.717, 1.165) is 0 Å². The summed E-state index contributed by atoms with van der Waals surface area (Å²) in [5.41, 5.74) is 0. The predicted molar refractivity (Wildman–Crippen MR) is 1.37 cm³/mol. The van der Waals surface area contributed by atoms with Crippen molar-refractivity contribution in [3.63, 3.8) is 0 Å². The maximum Gasteiger partial charge on any atom is 4.00 e. The molecule has 0 aliphatic carbocycles. The monoisotopic (exact) mass is 315 g/mol. The average molecular weight is 315 g/mol. The molecular weight excluding hydrogens is 315 g/mol. The van der Waals surface area contributed by atoms with Crippen molar-refractivity contribution in [1.82, 2.24) is 0 Å². The van der Waals surface area contributed by atoms with Crippen molar-refractivity contribution < 1.29 is 57.3 Å². The van der Waals surface area contributed by atoms with Gasteiger partial charge in [-0.05, 0) is 0 Å². The van der Waals surface area contributed by atoms with E-state index in [1.165, 1.54) is 0 Å². The molecule has 0 aromatic heterocycles. The summed E-state index contributed by atoms with van der Waals surface area (Å²) in [6.07, 6.45) is 0. The van der Waals surface area contributed by atoms with Gasteiger partial charge in [-0.15, -0.1) is 0 Å². The van der Waals surface area contributed by atoms with Gasteiger partial charge in [-0.2, -0.15) is 0 Å². The molecule has 0 rings (SSSR count). The van der Waals surface area contributed by atoms with Crippen LogP contribution < -0.4 is 0 Å². The Bertz CT molecular complexity index is 6.00. The van der Waals surface area contributed by atoms with Crippen LogP contribution in [0.3, 0.4) is 0 Å². The summed E-state index contributed by atoms with van der Waals surface area (Å²) < 4.78 is 0. The van der Waals surface area contributed by atoms with Gasteiger partial charge < -0.3 is 11.0 Å². The van der Waals surface area contributed by atoms with E-state index in [1.54, 1.807) is 0 Å². The summed E-state index contributed by atoms with van der Waals surface area (Å²) >= 11 is 0. The molecule has 0 N–H and O–H groups in total. The third kappa shape index (κ3) is 9.84. The Morgan fingerprint density at radius 3 is 0.750 bits per heavy atom. The van der Waals surface area contributed by atoms with Gasteiger partial charge in [0.05, 0.1) is 0 Å². The molecule has 0 saturated carbocycles. The van der Waals surface area contributed by atoms with Crippen LogP contribution in [0.2, 0.25) is 0 Å². The summed E-state index contributed by atoms with van der Waals surface area (Å²) in [4.78, 5) is 0. The standard InChI is InChI=1S/Ir.2O.Zr/q;2*-2;+4. The van der Waals surface area contributed by atoms with Crippen molar-refractivity contribution in [3.8, 4) is 0 Å². The number of hydrogen-bond acceptors (Lipinski definition) is 0. The van der Waals surface area contributed by atoms with Crippen LogP contribution in [0, 0.1) is 0 Å². The van der Waals surface area contributed by atoms with E-state index in [-0.39, 0.29) is 57.3 Å². The zero-order chi connectivity index (χ0) is 0. The van der Waals surface area contributed by atoms with Crippen LogP contribution in [0.4, 0.5) is 0 Å². The predicted octanol–water partition coefficient (Wildman–Crippen LogP) is -0.243. The molecule has 0 aromatic carbocycles. The molecule has 0 amide bonds. The molecule has 25 valence electrons. The topological polar surface area (TPSA) is 57.0 Å². The summed E-state index contributed by atoms with van der Waals surface area (Å²) in [5.74, 6) is 0. The molecule has 0 aromatic rings. The van der Waals surface area contributed by atoms with Crippen molar-refractivity contribution in [1.29, 1.82) is 0 Å². The largest absolute Gasteiger partial charge is 4.00 e. The molecule has 0 spiro atoms. The maximum absolute atomic E-state index is 0. The van der Waals surface area contributed by atoms with Crippen molar-refractivity contribution >= 4 is 0 Å². The van der Waals surface area contributed by atoms with Gasteiger partial charge in [0.15, 0.2) is 0 Å². The second-order valence-corrected chi connectivity index (χ2v) is 0. The van der Waals surface area contributed by atoms with Gasteiger partial charge in [0.2, 0.25) is 0 Å². The minimum atomic E-state index is 0. The zero-order valence-electron chi connectivity index (χ0n) is 1.65. The first-order chi connectivity index (χ1) is 0. The quantitative estimate of drug-likeness (QED) is 0.592. The second-order valence-electron chi connectivity index (χ2n) is 0. The van der Waals surface area contributed by atoms with E-state index in [2.05, 4.69) is 0 Å². The van der Waals surface area contributed by atoms with Crippen LogP contribution in [0.15, 0.2) is 0 Å². The molecule has 0 unspecified atom stereocenters. The van der Waals surface area contributed by atoms with Crippen LogP contribution in [-0.2, 0) is 57.3 Å². The fraction of sp³-hybridized carbons (Fsp3) is 0. The van der Waals surface area contributed by atoms with Gasteiger partial charge in [-0.3, -0.25) is 0 Å². The smallest absolute Gasteiger partial charge is 2.00 e. The van der Waals surface area contributed by atoms with Crippen LogP contribution >= 0.6 is 0 Å². The molecule has 1 radical (unpaired) electrons. The molecule has 2 nitrogen and oxygen atoms in total.